The average molecular weight is 440 g/mol. The van der Waals surface area contributed by atoms with E-state index in [1.807, 2.05) is 56.3 Å². The van der Waals surface area contributed by atoms with E-state index in [0.717, 1.165) is 27.6 Å². The zero-order valence-electron chi connectivity index (χ0n) is 18.5. The molecule has 0 atom stereocenters. The summed E-state index contributed by atoms with van der Waals surface area (Å²) in [6.07, 6.45) is 0. The number of benzene rings is 3. The molecule has 0 saturated heterocycles. The van der Waals surface area contributed by atoms with Crippen LogP contribution in [0.5, 0.6) is 0 Å². The summed E-state index contributed by atoms with van der Waals surface area (Å²) in [5.41, 5.74) is 3.92. The molecule has 3 aromatic carbocycles. The smallest absolute Gasteiger partial charge is 0.336 e. The molecule has 1 amide bonds. The highest BCUT2D eigenvalue weighted by Gasteiger charge is 2.23. The molecule has 0 aliphatic heterocycles. The minimum Gasteiger partial charge on any atom is -0.478 e. The molecule has 4 aromatic rings. The van der Waals surface area contributed by atoms with Crippen molar-refractivity contribution in [1.82, 2.24) is 9.88 Å². The molecule has 0 radical (unpaired) electrons. The van der Waals surface area contributed by atoms with Gasteiger partial charge in [-0.1, -0.05) is 54.6 Å². The Morgan fingerprint density at radius 1 is 0.879 bits per heavy atom. The Hall–Kier alpha value is -4.19. The number of aromatic amines is 1. The van der Waals surface area contributed by atoms with Crippen LogP contribution in [-0.2, 0) is 13.1 Å². The van der Waals surface area contributed by atoms with E-state index in [1.165, 1.54) is 17.0 Å². The van der Waals surface area contributed by atoms with Gasteiger partial charge in [-0.3, -0.25) is 9.59 Å². The first-order chi connectivity index (χ1) is 15.8. The molecule has 166 valence electrons. The van der Waals surface area contributed by atoms with Crippen LogP contribution in [0.25, 0.3) is 10.9 Å². The predicted molar refractivity (Wildman–Crippen MR) is 127 cm³/mol. The summed E-state index contributed by atoms with van der Waals surface area (Å²) in [6.45, 7) is 4.22. The Morgan fingerprint density at radius 2 is 1.55 bits per heavy atom. The first kappa shape index (κ1) is 22.0. The summed E-state index contributed by atoms with van der Waals surface area (Å²) < 4.78 is 0. The van der Waals surface area contributed by atoms with E-state index >= 15 is 0 Å². The number of pyridine rings is 1. The van der Waals surface area contributed by atoms with Gasteiger partial charge in [0, 0.05) is 12.1 Å². The van der Waals surface area contributed by atoms with E-state index in [0.29, 0.717) is 5.56 Å². The lowest BCUT2D eigenvalue weighted by Crippen LogP contribution is -2.33. The van der Waals surface area contributed by atoms with Gasteiger partial charge in [0.25, 0.3) is 11.5 Å². The lowest BCUT2D eigenvalue weighted by atomic mass is 10.0. The maximum Gasteiger partial charge on any atom is 0.336 e. The fraction of sp³-hybridized carbons (Fsp3) is 0.148. The van der Waals surface area contributed by atoms with Gasteiger partial charge in [-0.05, 0) is 54.1 Å². The van der Waals surface area contributed by atoms with Crippen molar-refractivity contribution in [3.63, 3.8) is 0 Å². The number of aryl methyl sites for hydroxylation is 2. The van der Waals surface area contributed by atoms with Gasteiger partial charge in [0.1, 0.15) is 0 Å². The van der Waals surface area contributed by atoms with Crippen molar-refractivity contribution < 1.29 is 14.7 Å². The van der Waals surface area contributed by atoms with E-state index in [2.05, 4.69) is 4.98 Å². The van der Waals surface area contributed by atoms with Crippen molar-refractivity contribution in [2.75, 3.05) is 0 Å². The molecule has 0 spiro atoms. The number of carboxylic acid groups (broad SMARTS) is 1. The van der Waals surface area contributed by atoms with Crippen molar-refractivity contribution in [2.24, 2.45) is 0 Å². The molecule has 33 heavy (non-hydrogen) atoms. The molecule has 0 bridgehead atoms. The standard InChI is InChI=1S/C27H24N2O4/c1-17-12-13-20-14-21(25(30)28-24(20)18(17)2)16-29(15-19-8-4-3-5-9-19)26(31)22-10-6-7-11-23(22)27(32)33/h3-14H,15-16H2,1-2H3,(H,28,30)(H,32,33). The zero-order chi connectivity index (χ0) is 23.5. The number of hydrogen-bond acceptors (Lipinski definition) is 3. The molecule has 2 N–H and O–H groups in total. The zero-order valence-corrected chi connectivity index (χ0v) is 18.5. The molecule has 0 saturated carbocycles. The third-order valence-corrected chi connectivity index (χ3v) is 5.88. The molecule has 6 heteroatoms. The van der Waals surface area contributed by atoms with Gasteiger partial charge in [-0.15, -0.1) is 0 Å². The molecule has 1 aromatic heterocycles. The lowest BCUT2D eigenvalue weighted by Gasteiger charge is -2.24. The molecule has 0 fully saturated rings. The Morgan fingerprint density at radius 3 is 2.24 bits per heavy atom. The van der Waals surface area contributed by atoms with Crippen LogP contribution in [0.15, 0.2) is 77.6 Å². The summed E-state index contributed by atoms with van der Waals surface area (Å²) in [6, 6.07) is 21.3. The summed E-state index contributed by atoms with van der Waals surface area (Å²) >= 11 is 0. The van der Waals surface area contributed by atoms with Gasteiger partial charge in [-0.2, -0.15) is 0 Å². The van der Waals surface area contributed by atoms with Crippen molar-refractivity contribution in [1.29, 1.82) is 0 Å². The second kappa shape index (κ2) is 9.12. The summed E-state index contributed by atoms with van der Waals surface area (Å²) in [4.78, 5) is 42.6. The average Bonchev–Trinajstić information content (AvgIpc) is 2.82. The van der Waals surface area contributed by atoms with E-state index < -0.39 is 11.9 Å². The maximum atomic E-state index is 13.5. The quantitative estimate of drug-likeness (QED) is 0.455. The second-order valence-corrected chi connectivity index (χ2v) is 8.09. The Balaban J connectivity index is 1.77. The fourth-order valence-electron chi connectivity index (χ4n) is 3.92. The summed E-state index contributed by atoms with van der Waals surface area (Å²) in [7, 11) is 0. The molecule has 1 heterocycles. The Bertz CT molecular complexity index is 1410. The van der Waals surface area contributed by atoms with E-state index in [-0.39, 0.29) is 29.8 Å². The van der Waals surface area contributed by atoms with Crippen molar-refractivity contribution in [3.8, 4) is 0 Å². The molecule has 4 rings (SSSR count). The highest BCUT2D eigenvalue weighted by molar-refractivity contribution is 6.04. The molecule has 6 nitrogen and oxygen atoms in total. The molecular weight excluding hydrogens is 416 g/mol. The van der Waals surface area contributed by atoms with E-state index in [1.54, 1.807) is 18.2 Å². The topological polar surface area (TPSA) is 90.5 Å². The Labute approximate surface area is 191 Å². The van der Waals surface area contributed by atoms with Crippen molar-refractivity contribution in [3.05, 3.63) is 117 Å². The van der Waals surface area contributed by atoms with Crippen molar-refractivity contribution in [2.45, 2.75) is 26.9 Å². The third kappa shape index (κ3) is 4.55. The SMILES string of the molecule is Cc1ccc2cc(CN(Cc3ccccc3)C(=O)c3ccccc3C(=O)O)c(=O)[nH]c2c1C. The van der Waals surface area contributed by atoms with Gasteiger partial charge < -0.3 is 15.0 Å². The number of aromatic carboxylic acids is 1. The molecule has 0 unspecified atom stereocenters. The maximum absolute atomic E-state index is 13.5. The van der Waals surface area contributed by atoms with Gasteiger partial charge in [-0.25, -0.2) is 4.79 Å². The molecule has 0 aliphatic carbocycles. The summed E-state index contributed by atoms with van der Waals surface area (Å²) in [5.74, 6) is -1.62. The first-order valence-electron chi connectivity index (χ1n) is 10.6. The highest BCUT2D eigenvalue weighted by Crippen LogP contribution is 2.21. The molecule has 0 aliphatic rings. The third-order valence-electron chi connectivity index (χ3n) is 5.88. The number of hydrogen-bond donors (Lipinski definition) is 2. The van der Waals surface area contributed by atoms with Crippen LogP contribution < -0.4 is 5.56 Å². The second-order valence-electron chi connectivity index (χ2n) is 8.09. The number of nitrogens with one attached hydrogen (secondary N) is 1. The minimum absolute atomic E-state index is 0.0415. The van der Waals surface area contributed by atoms with Crippen LogP contribution in [0.4, 0.5) is 0 Å². The largest absolute Gasteiger partial charge is 0.478 e. The first-order valence-corrected chi connectivity index (χ1v) is 10.6. The van der Waals surface area contributed by atoms with Gasteiger partial charge in [0.2, 0.25) is 0 Å². The van der Waals surface area contributed by atoms with Crippen LogP contribution in [0, 0.1) is 13.8 Å². The van der Waals surface area contributed by atoms with Crippen LogP contribution >= 0.6 is 0 Å². The highest BCUT2D eigenvalue weighted by atomic mass is 16.4. The van der Waals surface area contributed by atoms with E-state index in [4.69, 9.17) is 0 Å². The summed E-state index contributed by atoms with van der Waals surface area (Å²) in [5, 5.41) is 10.4. The number of H-pyrrole nitrogens is 1. The van der Waals surface area contributed by atoms with Crippen LogP contribution in [-0.4, -0.2) is 26.9 Å². The number of carboxylic acids is 1. The van der Waals surface area contributed by atoms with Crippen LogP contribution in [0.3, 0.4) is 0 Å². The minimum atomic E-state index is -1.17. The number of aromatic nitrogens is 1. The number of carbonyl (C=O) groups is 2. The molecular formula is C27H24N2O4. The van der Waals surface area contributed by atoms with Crippen LogP contribution in [0.1, 0.15) is 43.0 Å². The van der Waals surface area contributed by atoms with Crippen LogP contribution in [0.2, 0.25) is 0 Å². The monoisotopic (exact) mass is 440 g/mol. The van der Waals surface area contributed by atoms with Crippen molar-refractivity contribution >= 4 is 22.8 Å². The van der Waals surface area contributed by atoms with Gasteiger partial charge in [0.05, 0.1) is 23.2 Å². The number of carbonyl (C=O) groups excluding carboxylic acids is 1. The number of fused-ring (bicyclic) bond motifs is 1. The number of rotatable bonds is 6. The lowest BCUT2D eigenvalue weighted by molar-refractivity contribution is 0.0668. The number of amides is 1. The van der Waals surface area contributed by atoms with E-state index in [9.17, 15) is 19.5 Å². The van der Waals surface area contributed by atoms with Gasteiger partial charge >= 0.3 is 5.97 Å². The predicted octanol–water partition coefficient (Wildman–Crippen LogP) is 4.69. The fourth-order valence-corrected chi connectivity index (χ4v) is 3.92. The normalized spacial score (nSPS) is 10.8. The van der Waals surface area contributed by atoms with Gasteiger partial charge in [0.15, 0.2) is 0 Å². The Kier molecular flexibility index (Phi) is 6.09. The number of nitrogens with zero attached hydrogens (tertiary/aromatic N) is 1.